The molecule has 4 aliphatic heterocycles. The summed E-state index contributed by atoms with van der Waals surface area (Å²) in [6.45, 7) is 14.8. The van der Waals surface area contributed by atoms with E-state index in [9.17, 15) is 9.59 Å². The molecule has 2 saturated carbocycles. The number of hydrogen-bond acceptors (Lipinski definition) is 12. The zero-order valence-electron chi connectivity index (χ0n) is 39.0. The normalized spacial score (nSPS) is 28.7. The highest BCUT2D eigenvalue weighted by molar-refractivity contribution is 7.10. The number of nitrogens with one attached hydrogen (secondary N) is 2. The summed E-state index contributed by atoms with van der Waals surface area (Å²) >= 11 is 1.46. The predicted octanol–water partition coefficient (Wildman–Crippen LogP) is 6.71. The summed E-state index contributed by atoms with van der Waals surface area (Å²) in [5, 5.41) is 8.53. The number of aromatic nitrogens is 3. The van der Waals surface area contributed by atoms with Gasteiger partial charge in [0.25, 0.3) is 5.91 Å². The highest BCUT2D eigenvalue weighted by atomic mass is 32.1. The third-order valence-electron chi connectivity index (χ3n) is 15.3. The lowest BCUT2D eigenvalue weighted by molar-refractivity contribution is -0.157. The Kier molecular flexibility index (Phi) is 12.2. The first-order chi connectivity index (χ1) is 31.3. The summed E-state index contributed by atoms with van der Waals surface area (Å²) in [6, 6.07) is 10.0. The van der Waals surface area contributed by atoms with Crippen molar-refractivity contribution in [1.82, 2.24) is 40.1 Å². The number of esters is 1. The van der Waals surface area contributed by atoms with Crippen molar-refractivity contribution in [3.63, 3.8) is 0 Å². The molecule has 2 aliphatic carbocycles. The number of cyclic esters (lactones) is 1. The van der Waals surface area contributed by atoms with Crippen molar-refractivity contribution in [2.24, 2.45) is 23.2 Å². The fourth-order valence-electron chi connectivity index (χ4n) is 10.8. The van der Waals surface area contributed by atoms with E-state index in [4.69, 9.17) is 24.2 Å². The minimum absolute atomic E-state index is 0.134. The number of amides is 2. The average molecular weight is 907 g/mol. The van der Waals surface area contributed by atoms with E-state index in [-0.39, 0.29) is 54.4 Å². The van der Waals surface area contributed by atoms with E-state index in [0.29, 0.717) is 36.9 Å². The molecule has 10 rings (SSSR count). The lowest BCUT2D eigenvalue weighted by atomic mass is 9.84. The van der Waals surface area contributed by atoms with Crippen LogP contribution in [0.25, 0.3) is 33.4 Å². The summed E-state index contributed by atoms with van der Waals surface area (Å²) < 4.78 is 21.8. The summed E-state index contributed by atoms with van der Waals surface area (Å²) in [7, 11) is 3.84. The third kappa shape index (κ3) is 8.77. The number of fused-ring (bicyclic) bond motifs is 6. The number of rotatable bonds is 9. The van der Waals surface area contributed by atoms with Gasteiger partial charge in [-0.25, -0.2) is 10.4 Å². The Morgan fingerprint density at radius 2 is 1.80 bits per heavy atom. The molecule has 6 aliphatic rings. The van der Waals surface area contributed by atoms with Gasteiger partial charge in [0.1, 0.15) is 23.2 Å². The summed E-state index contributed by atoms with van der Waals surface area (Å²) in [5.41, 5.74) is 9.87. The number of carbonyl (C=O) groups is 3. The molecule has 0 spiro atoms. The number of ether oxygens (including phenoxy) is 3. The molecule has 2 amide bonds. The second kappa shape index (κ2) is 17.8. The van der Waals surface area contributed by atoms with Crippen LogP contribution in [0, 0.1) is 23.2 Å². The number of methoxy groups -OCH3 is 1. The van der Waals surface area contributed by atoms with Gasteiger partial charge >= 0.3 is 5.97 Å². The summed E-state index contributed by atoms with van der Waals surface area (Å²) in [6.07, 6.45) is 6.46. The Bertz CT molecular complexity index is 2430. The Labute approximate surface area is 386 Å². The molecule has 1 unspecified atom stereocenters. The minimum atomic E-state index is -1.08. The van der Waals surface area contributed by atoms with E-state index in [1.165, 1.54) is 34.8 Å². The highest BCUT2D eigenvalue weighted by Crippen LogP contribution is 2.48. The van der Waals surface area contributed by atoms with Gasteiger partial charge in [-0.15, -0.1) is 11.3 Å². The van der Waals surface area contributed by atoms with Crippen molar-refractivity contribution in [3.05, 3.63) is 58.2 Å². The van der Waals surface area contributed by atoms with Crippen molar-refractivity contribution in [1.29, 1.82) is 0 Å². The molecule has 1 aromatic carbocycles. The monoisotopic (exact) mass is 906 g/mol. The van der Waals surface area contributed by atoms with Crippen molar-refractivity contribution in [3.8, 4) is 22.5 Å². The minimum Gasteiger partial charge on any atom is -0.464 e. The fraction of sp³-hybridized carbons (Fsp3) is 0.620. The highest BCUT2D eigenvalue weighted by Gasteiger charge is 2.51. The number of benzene rings is 1. The molecule has 7 atom stereocenters. The molecule has 0 radical (unpaired) electrons. The molecular formula is C50H66N8O6S. The summed E-state index contributed by atoms with van der Waals surface area (Å²) in [5.74, 6) is -0.666. The van der Waals surface area contributed by atoms with Gasteiger partial charge in [0, 0.05) is 90.8 Å². The zero-order chi connectivity index (χ0) is 45.3. The Balaban J connectivity index is 1.13. The van der Waals surface area contributed by atoms with E-state index in [1.54, 1.807) is 7.11 Å². The summed E-state index contributed by atoms with van der Waals surface area (Å²) in [4.78, 5) is 58.4. The Hall–Kier alpha value is -4.25. The largest absolute Gasteiger partial charge is 0.464 e. The van der Waals surface area contributed by atoms with Gasteiger partial charge in [-0.2, -0.15) is 0 Å². The molecule has 3 aromatic heterocycles. The molecule has 7 heterocycles. The SMILES string of the molecule is CO[C@@H](C)c1ncccc1-c1c2c3cc(ccc3n1C1CN(C3CC3)C1)-c1csc(n1)[C@@H](OC1CCN(C)CC1)[C@H](NC(=O)C1[C@@H](C)[C@H]1C)C(=O)N1CCC[C@H](N1)C(=O)OCC(C)(C)C2. The first-order valence-electron chi connectivity index (χ1n) is 24.0. The maximum atomic E-state index is 15.0. The van der Waals surface area contributed by atoms with Crippen LogP contribution in [0.5, 0.6) is 0 Å². The molecule has 3 saturated heterocycles. The topological polar surface area (TPSA) is 143 Å². The fourth-order valence-corrected chi connectivity index (χ4v) is 11.7. The van der Waals surface area contributed by atoms with Gasteiger partial charge in [0.15, 0.2) is 0 Å². The van der Waals surface area contributed by atoms with E-state index >= 15 is 4.79 Å². The molecule has 348 valence electrons. The van der Waals surface area contributed by atoms with E-state index in [2.05, 4.69) is 89.5 Å². The van der Waals surface area contributed by atoms with Crippen LogP contribution in [0.1, 0.15) is 108 Å². The van der Waals surface area contributed by atoms with E-state index in [1.807, 2.05) is 19.2 Å². The van der Waals surface area contributed by atoms with Crippen LogP contribution in [-0.2, 0) is 35.0 Å². The first kappa shape index (κ1) is 44.6. The molecule has 14 nitrogen and oxygen atoms in total. The Morgan fingerprint density at radius 3 is 2.52 bits per heavy atom. The van der Waals surface area contributed by atoms with Crippen molar-refractivity contribution >= 4 is 40.0 Å². The smallest absolute Gasteiger partial charge is 0.324 e. The van der Waals surface area contributed by atoms with Gasteiger partial charge in [-0.1, -0.05) is 33.8 Å². The number of hydrogen-bond donors (Lipinski definition) is 2. The number of nitrogens with zero attached hydrogens (tertiary/aromatic N) is 6. The van der Waals surface area contributed by atoms with Crippen LogP contribution in [0.4, 0.5) is 0 Å². The second-order valence-corrected chi connectivity index (χ2v) is 21.6. The van der Waals surface area contributed by atoms with Crippen LogP contribution in [0.15, 0.2) is 41.9 Å². The standard InChI is InChI=1S/C50H66N8O6S/c1-28-29(2)41(28)46(59)53-43-45(64-34-16-20-55(6)21-17-34)47-52-39(26-65-47)31-12-15-40-36(22-31)37(23-50(4,5)27-63-49(61)38-11-9-19-57(54-38)48(43)60)44(35-10-8-18-51-42(35)30(3)62-7)58(40)33-24-56(25-33)32-13-14-32/h8,10,12,15,18,22,26,28-30,32-34,38,41,43,45,54H,9,11,13-14,16-17,19-21,23-25,27H2,1-7H3,(H,53,59)/t28-,29+,30-,38-,41?,43-,45-/m0/s1. The second-order valence-electron chi connectivity index (χ2n) is 20.7. The predicted molar refractivity (Wildman–Crippen MR) is 250 cm³/mol. The van der Waals surface area contributed by atoms with Crippen LogP contribution in [0.2, 0.25) is 0 Å². The lowest BCUT2D eigenvalue weighted by Gasteiger charge is -2.42. The number of piperidine rings is 1. The molecule has 6 bridgehead atoms. The van der Waals surface area contributed by atoms with Gasteiger partial charge in [-0.05, 0) is 101 Å². The first-order valence-corrected chi connectivity index (χ1v) is 24.9. The number of pyridine rings is 1. The zero-order valence-corrected chi connectivity index (χ0v) is 39.9. The number of hydrazine groups is 1. The molecule has 2 N–H and O–H groups in total. The average Bonchev–Trinajstić information content (AvgIpc) is 4.14. The van der Waals surface area contributed by atoms with Gasteiger partial charge in [-0.3, -0.25) is 29.3 Å². The Morgan fingerprint density at radius 1 is 1.03 bits per heavy atom. The van der Waals surface area contributed by atoms with Crippen molar-refractivity contribution in [2.75, 3.05) is 53.5 Å². The van der Waals surface area contributed by atoms with Crippen molar-refractivity contribution < 1.29 is 28.6 Å². The van der Waals surface area contributed by atoms with Crippen molar-refractivity contribution in [2.45, 2.75) is 122 Å². The quantitative estimate of drug-likeness (QED) is 0.173. The van der Waals surface area contributed by atoms with Gasteiger partial charge < -0.3 is 29.0 Å². The number of thiazole rings is 1. The van der Waals surface area contributed by atoms with Crippen LogP contribution < -0.4 is 10.7 Å². The maximum absolute atomic E-state index is 15.0. The molecule has 4 aromatic rings. The molecule has 65 heavy (non-hydrogen) atoms. The van der Waals surface area contributed by atoms with Crippen LogP contribution >= 0.6 is 11.3 Å². The van der Waals surface area contributed by atoms with Crippen LogP contribution in [0.3, 0.4) is 0 Å². The molecule has 15 heteroatoms. The molecular weight excluding hydrogens is 841 g/mol. The maximum Gasteiger partial charge on any atom is 0.324 e. The number of carbonyl (C=O) groups excluding carboxylic acids is 3. The third-order valence-corrected chi connectivity index (χ3v) is 16.2. The van der Waals surface area contributed by atoms with Crippen LogP contribution in [-0.4, -0.2) is 125 Å². The van der Waals surface area contributed by atoms with Gasteiger partial charge in [0.2, 0.25) is 5.91 Å². The molecule has 5 fully saturated rings. The van der Waals surface area contributed by atoms with Gasteiger partial charge in [0.05, 0.1) is 41.9 Å². The van der Waals surface area contributed by atoms with E-state index in [0.717, 1.165) is 78.1 Å². The lowest BCUT2D eigenvalue weighted by Crippen LogP contribution is -2.61. The number of likely N-dealkylation sites (tertiary alicyclic amines) is 2. The van der Waals surface area contributed by atoms with E-state index < -0.39 is 29.6 Å².